The van der Waals surface area contributed by atoms with Crippen LogP contribution in [0.25, 0.3) is 0 Å². The van der Waals surface area contributed by atoms with Crippen molar-refractivity contribution in [3.8, 4) is 0 Å². The molecule has 1 N–H and O–H groups in total. The molecule has 0 bridgehead atoms. The average molecular weight is 332 g/mol. The van der Waals surface area contributed by atoms with E-state index in [9.17, 15) is 9.59 Å². The quantitative estimate of drug-likeness (QED) is 0.870. The lowest BCUT2D eigenvalue weighted by molar-refractivity contribution is -0.145. The van der Waals surface area contributed by atoms with E-state index in [4.69, 9.17) is 5.11 Å². The Bertz CT molecular complexity index is 556. The van der Waals surface area contributed by atoms with Crippen molar-refractivity contribution in [1.29, 1.82) is 0 Å². The molecule has 1 aromatic rings. The number of hydrogen-bond donors (Lipinski definition) is 1. The van der Waals surface area contributed by atoms with Gasteiger partial charge in [-0.3, -0.25) is 14.5 Å². The molecule has 0 aromatic heterocycles. The number of carboxylic acids is 1. The van der Waals surface area contributed by atoms with Crippen LogP contribution in [0, 0.1) is 0 Å². The van der Waals surface area contributed by atoms with Gasteiger partial charge in [-0.25, -0.2) is 0 Å². The Morgan fingerprint density at radius 3 is 2.42 bits per heavy atom. The summed E-state index contributed by atoms with van der Waals surface area (Å²) in [5, 5.41) is 9.02. The highest BCUT2D eigenvalue weighted by Gasteiger charge is 2.26. The van der Waals surface area contributed by atoms with Crippen molar-refractivity contribution in [3.63, 3.8) is 0 Å². The van der Waals surface area contributed by atoms with E-state index in [1.807, 2.05) is 0 Å². The highest BCUT2D eigenvalue weighted by Crippen LogP contribution is 2.19. The number of amides is 1. The van der Waals surface area contributed by atoms with Gasteiger partial charge in [-0.05, 0) is 43.4 Å². The van der Waals surface area contributed by atoms with Gasteiger partial charge in [-0.15, -0.1) is 0 Å². The zero-order chi connectivity index (χ0) is 17.5. The number of hydrogen-bond acceptors (Lipinski definition) is 3. The second-order valence-electron chi connectivity index (χ2n) is 6.57. The van der Waals surface area contributed by atoms with Crippen molar-refractivity contribution in [3.05, 3.63) is 35.4 Å². The van der Waals surface area contributed by atoms with Gasteiger partial charge in [-0.1, -0.05) is 31.2 Å². The molecule has 0 spiro atoms. The first-order chi connectivity index (χ1) is 11.5. The van der Waals surface area contributed by atoms with E-state index in [-0.39, 0.29) is 18.5 Å². The summed E-state index contributed by atoms with van der Waals surface area (Å²) in [6.45, 7) is 6.21. The summed E-state index contributed by atoms with van der Waals surface area (Å²) in [6, 6.07) is 8.77. The minimum absolute atomic E-state index is 0.0334. The fraction of sp³-hybridized carbons (Fsp3) is 0.579. The van der Waals surface area contributed by atoms with E-state index in [0.29, 0.717) is 0 Å². The molecule has 1 saturated heterocycles. The van der Waals surface area contributed by atoms with Crippen LogP contribution in [0.15, 0.2) is 24.3 Å². The van der Waals surface area contributed by atoms with Crippen molar-refractivity contribution in [2.24, 2.45) is 0 Å². The third-order valence-electron chi connectivity index (χ3n) is 4.78. The number of aryl methyl sites for hydroxylation is 1. The Morgan fingerprint density at radius 1 is 1.17 bits per heavy atom. The monoisotopic (exact) mass is 332 g/mol. The molecule has 0 aliphatic carbocycles. The first kappa shape index (κ1) is 18.5. The summed E-state index contributed by atoms with van der Waals surface area (Å²) in [7, 11) is 0. The first-order valence-electron chi connectivity index (χ1n) is 8.78. The molecular weight excluding hydrogens is 304 g/mol. The summed E-state index contributed by atoms with van der Waals surface area (Å²) in [6.07, 6.45) is 3.75. The molecule has 0 radical (unpaired) electrons. The maximum absolute atomic E-state index is 11.8. The zero-order valence-electron chi connectivity index (χ0n) is 14.7. The van der Waals surface area contributed by atoms with Gasteiger partial charge < -0.3 is 10.0 Å². The second-order valence-corrected chi connectivity index (χ2v) is 6.57. The Labute approximate surface area is 144 Å². The molecule has 1 aromatic carbocycles. The highest BCUT2D eigenvalue weighted by molar-refractivity contribution is 5.79. The number of nitrogens with zero attached hydrogens (tertiary/aromatic N) is 2. The van der Waals surface area contributed by atoms with Crippen molar-refractivity contribution >= 4 is 11.9 Å². The Hall–Kier alpha value is -1.88. The normalized spacial score (nSPS) is 18.8. The van der Waals surface area contributed by atoms with Crippen LogP contribution in [-0.4, -0.2) is 52.5 Å². The lowest BCUT2D eigenvalue weighted by atomic mass is 10.1. The lowest BCUT2D eigenvalue weighted by Crippen LogP contribution is -2.42. The third-order valence-corrected chi connectivity index (χ3v) is 4.78. The van der Waals surface area contributed by atoms with Crippen LogP contribution in [0.3, 0.4) is 0 Å². The molecule has 5 nitrogen and oxygen atoms in total. The van der Waals surface area contributed by atoms with Crippen LogP contribution in [0.4, 0.5) is 0 Å². The van der Waals surface area contributed by atoms with Crippen LogP contribution < -0.4 is 0 Å². The second kappa shape index (κ2) is 8.83. The van der Waals surface area contributed by atoms with E-state index < -0.39 is 5.97 Å². The molecule has 1 amide bonds. The standard InChI is InChI=1S/C19H28N2O3/c1-3-16-6-8-17(9-7-16)13-20-11-4-5-18(10-12-20)21(15(2)22)14-19(23)24/h6-9,18H,3-5,10-14H2,1-2H3,(H,23,24). The summed E-state index contributed by atoms with van der Waals surface area (Å²) in [4.78, 5) is 26.7. The van der Waals surface area contributed by atoms with Crippen molar-refractivity contribution < 1.29 is 14.7 Å². The SMILES string of the molecule is CCc1ccc(CN2CCCC(N(CC(=O)O)C(C)=O)CC2)cc1. The van der Waals surface area contributed by atoms with E-state index >= 15 is 0 Å². The molecule has 132 valence electrons. The van der Waals surface area contributed by atoms with Crippen molar-refractivity contribution in [2.75, 3.05) is 19.6 Å². The van der Waals surface area contributed by atoms with E-state index in [2.05, 4.69) is 36.1 Å². The molecule has 1 unspecified atom stereocenters. The number of benzene rings is 1. The smallest absolute Gasteiger partial charge is 0.323 e. The van der Waals surface area contributed by atoms with Gasteiger partial charge >= 0.3 is 5.97 Å². The van der Waals surface area contributed by atoms with Crippen molar-refractivity contribution in [2.45, 2.75) is 52.1 Å². The summed E-state index contributed by atoms with van der Waals surface area (Å²) in [5.41, 5.74) is 2.65. The maximum Gasteiger partial charge on any atom is 0.323 e. The fourth-order valence-electron chi connectivity index (χ4n) is 3.39. The van der Waals surface area contributed by atoms with Gasteiger partial charge in [0.05, 0.1) is 0 Å². The molecule has 24 heavy (non-hydrogen) atoms. The predicted molar refractivity (Wildman–Crippen MR) is 93.8 cm³/mol. The molecule has 1 fully saturated rings. The molecule has 1 aliphatic heterocycles. The molecular formula is C19H28N2O3. The topological polar surface area (TPSA) is 60.9 Å². The Balaban J connectivity index is 1.93. The van der Waals surface area contributed by atoms with Crippen LogP contribution in [0.5, 0.6) is 0 Å². The minimum atomic E-state index is -0.942. The number of carbonyl (C=O) groups is 2. The molecule has 0 saturated carbocycles. The van der Waals surface area contributed by atoms with Gasteiger partial charge in [0.25, 0.3) is 0 Å². The summed E-state index contributed by atoms with van der Waals surface area (Å²) < 4.78 is 0. The Morgan fingerprint density at radius 2 is 1.83 bits per heavy atom. The fourth-order valence-corrected chi connectivity index (χ4v) is 3.39. The van der Waals surface area contributed by atoms with Gasteiger partial charge in [-0.2, -0.15) is 0 Å². The van der Waals surface area contributed by atoms with Gasteiger partial charge in [0.2, 0.25) is 5.91 Å². The molecule has 5 heteroatoms. The minimum Gasteiger partial charge on any atom is -0.480 e. The number of carbonyl (C=O) groups excluding carboxylic acids is 1. The van der Waals surface area contributed by atoms with Gasteiger partial charge in [0, 0.05) is 26.1 Å². The van der Waals surface area contributed by atoms with Crippen LogP contribution in [-0.2, 0) is 22.6 Å². The largest absolute Gasteiger partial charge is 0.480 e. The molecule has 1 heterocycles. The number of likely N-dealkylation sites (tertiary alicyclic amines) is 1. The number of carboxylic acid groups (broad SMARTS) is 1. The number of aliphatic carboxylic acids is 1. The van der Waals surface area contributed by atoms with E-state index in [1.165, 1.54) is 23.0 Å². The Kier molecular flexibility index (Phi) is 6.79. The predicted octanol–water partition coefficient (Wildman–Crippen LogP) is 2.54. The summed E-state index contributed by atoms with van der Waals surface area (Å²) >= 11 is 0. The lowest BCUT2D eigenvalue weighted by Gasteiger charge is -2.29. The van der Waals surface area contributed by atoms with Crippen molar-refractivity contribution in [1.82, 2.24) is 9.80 Å². The van der Waals surface area contributed by atoms with Gasteiger partial charge in [0.1, 0.15) is 6.54 Å². The summed E-state index contributed by atoms with van der Waals surface area (Å²) in [5.74, 6) is -1.09. The first-order valence-corrected chi connectivity index (χ1v) is 8.78. The average Bonchev–Trinajstić information content (AvgIpc) is 2.78. The van der Waals surface area contributed by atoms with E-state index in [0.717, 1.165) is 45.3 Å². The van der Waals surface area contributed by atoms with E-state index in [1.54, 1.807) is 0 Å². The van der Waals surface area contributed by atoms with Crippen LogP contribution in [0.2, 0.25) is 0 Å². The van der Waals surface area contributed by atoms with Crippen LogP contribution >= 0.6 is 0 Å². The zero-order valence-corrected chi connectivity index (χ0v) is 14.7. The maximum atomic E-state index is 11.8. The number of rotatable bonds is 6. The molecule has 1 aliphatic rings. The van der Waals surface area contributed by atoms with Gasteiger partial charge in [0.15, 0.2) is 0 Å². The molecule has 1 atom stereocenters. The third kappa shape index (κ3) is 5.34. The van der Waals surface area contributed by atoms with Crippen LogP contribution in [0.1, 0.15) is 44.2 Å². The molecule has 2 rings (SSSR count). The highest BCUT2D eigenvalue weighted by atomic mass is 16.4.